The van der Waals surface area contributed by atoms with E-state index in [4.69, 9.17) is 11.6 Å². The number of nitrogens with zero attached hydrogens (tertiary/aromatic N) is 2. The van der Waals surface area contributed by atoms with Gasteiger partial charge in [-0.15, -0.1) is 11.8 Å². The average molecular weight is 410 g/mol. The van der Waals surface area contributed by atoms with Crippen LogP contribution in [0.2, 0.25) is 5.02 Å². The number of hydrogen-bond acceptors (Lipinski definition) is 4. The zero-order valence-electron chi connectivity index (χ0n) is 15.8. The topological polar surface area (TPSA) is 69.7 Å². The van der Waals surface area contributed by atoms with Crippen LogP contribution in [0.25, 0.3) is 0 Å². The molecule has 2 aliphatic rings. The second-order valence-electron chi connectivity index (χ2n) is 7.13. The van der Waals surface area contributed by atoms with Crippen molar-refractivity contribution in [3.05, 3.63) is 28.8 Å². The summed E-state index contributed by atoms with van der Waals surface area (Å²) in [5.41, 5.74) is 1.53. The molecule has 2 saturated heterocycles. The Hall–Kier alpha value is -1.73. The Labute approximate surface area is 168 Å². The lowest BCUT2D eigenvalue weighted by Gasteiger charge is -2.32. The van der Waals surface area contributed by atoms with Crippen LogP contribution in [0.15, 0.2) is 18.2 Å². The van der Waals surface area contributed by atoms with Crippen LogP contribution >= 0.6 is 23.4 Å². The van der Waals surface area contributed by atoms with E-state index in [1.165, 1.54) is 4.90 Å². The van der Waals surface area contributed by atoms with E-state index in [0.717, 1.165) is 12.0 Å². The van der Waals surface area contributed by atoms with Gasteiger partial charge in [0.05, 0.1) is 11.4 Å². The number of thioether (sulfide) groups is 1. The summed E-state index contributed by atoms with van der Waals surface area (Å²) in [5.74, 6) is 0.154. The van der Waals surface area contributed by atoms with Gasteiger partial charge in [0.2, 0.25) is 17.7 Å². The average Bonchev–Trinajstić information content (AvgIpc) is 3.11. The van der Waals surface area contributed by atoms with Crippen molar-refractivity contribution in [2.75, 3.05) is 24.2 Å². The molecule has 2 atom stereocenters. The maximum atomic E-state index is 13.0. The molecule has 1 aromatic rings. The number of anilines is 1. The summed E-state index contributed by atoms with van der Waals surface area (Å²) < 4.78 is 0. The van der Waals surface area contributed by atoms with E-state index in [-0.39, 0.29) is 29.1 Å². The molecule has 3 amide bonds. The first-order valence-electron chi connectivity index (χ1n) is 9.06. The Balaban J connectivity index is 1.68. The molecule has 2 fully saturated rings. The predicted octanol–water partition coefficient (Wildman–Crippen LogP) is 2.89. The van der Waals surface area contributed by atoms with Gasteiger partial charge in [-0.3, -0.25) is 14.4 Å². The van der Waals surface area contributed by atoms with Gasteiger partial charge >= 0.3 is 0 Å². The van der Waals surface area contributed by atoms with E-state index in [1.807, 2.05) is 26.8 Å². The lowest BCUT2D eigenvalue weighted by molar-refractivity contribution is -0.144. The number of benzene rings is 1. The maximum absolute atomic E-state index is 13.0. The first kappa shape index (κ1) is 20.0. The Kier molecular flexibility index (Phi) is 5.72. The van der Waals surface area contributed by atoms with Crippen LogP contribution in [0.5, 0.6) is 0 Å². The van der Waals surface area contributed by atoms with Crippen LogP contribution in [0, 0.1) is 6.92 Å². The van der Waals surface area contributed by atoms with Gasteiger partial charge in [0, 0.05) is 29.4 Å². The van der Waals surface area contributed by atoms with Crippen LogP contribution < -0.4 is 5.32 Å². The molecule has 0 saturated carbocycles. The molecule has 1 N–H and O–H groups in total. The normalized spacial score (nSPS) is 24.1. The summed E-state index contributed by atoms with van der Waals surface area (Å²) in [7, 11) is 0. The van der Waals surface area contributed by atoms with Crippen molar-refractivity contribution in [3.63, 3.8) is 0 Å². The van der Waals surface area contributed by atoms with Gasteiger partial charge < -0.3 is 15.1 Å². The van der Waals surface area contributed by atoms with E-state index in [2.05, 4.69) is 5.32 Å². The van der Waals surface area contributed by atoms with Crippen molar-refractivity contribution < 1.29 is 14.4 Å². The monoisotopic (exact) mass is 409 g/mol. The summed E-state index contributed by atoms with van der Waals surface area (Å²) in [4.78, 5) is 40.7. The third kappa shape index (κ3) is 3.94. The quantitative estimate of drug-likeness (QED) is 0.811. The fourth-order valence-electron chi connectivity index (χ4n) is 3.65. The fraction of sp³-hybridized carbons (Fsp3) is 0.526. The summed E-state index contributed by atoms with van der Waals surface area (Å²) in [6, 6.07) is 4.79. The van der Waals surface area contributed by atoms with E-state index in [1.54, 1.807) is 28.8 Å². The smallest absolute Gasteiger partial charge is 0.246 e. The SMILES string of the molecule is CCN(CC(=O)Nc1cc(Cl)ccc1C)C(=O)C1CSC2(C)CCC(=O)N12. The van der Waals surface area contributed by atoms with Gasteiger partial charge in [0.15, 0.2) is 0 Å². The predicted molar refractivity (Wildman–Crippen MR) is 108 cm³/mol. The van der Waals surface area contributed by atoms with Crippen molar-refractivity contribution in [3.8, 4) is 0 Å². The molecule has 27 heavy (non-hydrogen) atoms. The fourth-order valence-corrected chi connectivity index (χ4v) is 5.25. The van der Waals surface area contributed by atoms with Crippen molar-refractivity contribution in [2.45, 2.75) is 44.5 Å². The molecule has 3 rings (SSSR count). The van der Waals surface area contributed by atoms with Gasteiger partial charge in [-0.05, 0) is 44.9 Å². The molecule has 2 aliphatic heterocycles. The largest absolute Gasteiger partial charge is 0.332 e. The Morgan fingerprint density at radius 2 is 2.19 bits per heavy atom. The van der Waals surface area contributed by atoms with E-state index in [0.29, 0.717) is 29.4 Å². The molecule has 1 aromatic carbocycles. The molecule has 0 bridgehead atoms. The third-order valence-electron chi connectivity index (χ3n) is 5.23. The minimum atomic E-state index is -0.490. The molecule has 0 aromatic heterocycles. The maximum Gasteiger partial charge on any atom is 0.246 e. The number of likely N-dealkylation sites (N-methyl/N-ethyl adjacent to an activating group) is 1. The molecular formula is C19H24ClN3O3S. The molecular weight excluding hydrogens is 386 g/mol. The first-order chi connectivity index (χ1) is 12.7. The number of halogens is 1. The highest BCUT2D eigenvalue weighted by atomic mass is 35.5. The standard InChI is InChI=1S/C19H24ClN3O3S/c1-4-22(10-16(24)21-14-9-13(20)6-5-12(14)2)18(26)15-11-27-19(3)8-7-17(25)23(15)19/h5-6,9,15H,4,7-8,10-11H2,1-3H3,(H,21,24). The van der Waals surface area contributed by atoms with Crippen molar-refractivity contribution in [2.24, 2.45) is 0 Å². The zero-order valence-corrected chi connectivity index (χ0v) is 17.3. The number of amides is 3. The number of hydrogen-bond donors (Lipinski definition) is 1. The minimum absolute atomic E-state index is 0.0240. The Morgan fingerprint density at radius 1 is 1.44 bits per heavy atom. The number of aryl methyl sites for hydroxylation is 1. The summed E-state index contributed by atoms with van der Waals surface area (Å²) in [5, 5.41) is 3.36. The second-order valence-corrected chi connectivity index (χ2v) is 9.06. The second kappa shape index (κ2) is 7.72. The Morgan fingerprint density at radius 3 is 2.89 bits per heavy atom. The molecule has 0 radical (unpaired) electrons. The summed E-state index contributed by atoms with van der Waals surface area (Å²) in [6.07, 6.45) is 1.24. The van der Waals surface area contributed by atoms with Gasteiger partial charge in [-0.2, -0.15) is 0 Å². The molecule has 146 valence electrons. The highest BCUT2D eigenvalue weighted by molar-refractivity contribution is 8.01. The van der Waals surface area contributed by atoms with Crippen LogP contribution in [0.4, 0.5) is 5.69 Å². The molecule has 0 aliphatic carbocycles. The molecule has 2 heterocycles. The van der Waals surface area contributed by atoms with Crippen molar-refractivity contribution in [1.82, 2.24) is 9.80 Å². The molecule has 6 nitrogen and oxygen atoms in total. The van der Waals surface area contributed by atoms with Crippen LogP contribution in [0.1, 0.15) is 32.3 Å². The number of carbonyl (C=O) groups excluding carboxylic acids is 3. The number of nitrogens with one attached hydrogen (secondary N) is 1. The summed E-state index contributed by atoms with van der Waals surface area (Å²) in [6.45, 7) is 6.08. The van der Waals surface area contributed by atoms with Crippen LogP contribution in [0.3, 0.4) is 0 Å². The van der Waals surface area contributed by atoms with Gasteiger partial charge in [-0.1, -0.05) is 17.7 Å². The zero-order chi connectivity index (χ0) is 19.8. The van der Waals surface area contributed by atoms with Crippen LogP contribution in [-0.2, 0) is 14.4 Å². The lowest BCUT2D eigenvalue weighted by Crippen LogP contribution is -2.52. The number of fused-ring (bicyclic) bond motifs is 1. The molecule has 2 unspecified atom stereocenters. The third-order valence-corrected chi connectivity index (χ3v) is 6.97. The highest BCUT2D eigenvalue weighted by Crippen LogP contribution is 2.47. The molecule has 8 heteroatoms. The highest BCUT2D eigenvalue weighted by Gasteiger charge is 2.53. The van der Waals surface area contributed by atoms with E-state index in [9.17, 15) is 14.4 Å². The van der Waals surface area contributed by atoms with Crippen molar-refractivity contribution >= 4 is 46.8 Å². The van der Waals surface area contributed by atoms with Gasteiger partial charge in [-0.25, -0.2) is 0 Å². The molecule has 0 spiro atoms. The summed E-state index contributed by atoms with van der Waals surface area (Å²) >= 11 is 7.64. The van der Waals surface area contributed by atoms with E-state index >= 15 is 0 Å². The minimum Gasteiger partial charge on any atom is -0.332 e. The number of rotatable bonds is 5. The first-order valence-corrected chi connectivity index (χ1v) is 10.4. The van der Waals surface area contributed by atoms with Crippen molar-refractivity contribution in [1.29, 1.82) is 0 Å². The Bertz CT molecular complexity index is 787. The lowest BCUT2D eigenvalue weighted by atomic mass is 10.2. The van der Waals surface area contributed by atoms with Gasteiger partial charge in [0.1, 0.15) is 6.04 Å². The van der Waals surface area contributed by atoms with Crippen LogP contribution in [-0.4, -0.2) is 57.3 Å². The van der Waals surface area contributed by atoms with E-state index < -0.39 is 6.04 Å². The van der Waals surface area contributed by atoms with Gasteiger partial charge in [0.25, 0.3) is 0 Å². The number of carbonyl (C=O) groups is 3.